The molecule has 1 atom stereocenters. The number of halogens is 1. The molecule has 1 aromatic carbocycles. The zero-order valence-electron chi connectivity index (χ0n) is 18.3. The quantitative estimate of drug-likeness (QED) is 0.156. The molecule has 0 bridgehead atoms. The summed E-state index contributed by atoms with van der Waals surface area (Å²) in [7, 11) is 0. The Kier molecular flexibility index (Phi) is 14.3. The van der Waals surface area contributed by atoms with Crippen LogP contribution in [0.4, 0.5) is 0 Å². The zero-order chi connectivity index (χ0) is 20.8. The molecule has 172 valence electrons. The standard InChI is InChI=1S/C22H37N3O4.HI/c1-3-23-21(25-17-22(8-10-26)9-11-29-18-22)24-15-19-6-5-7-20(14-19)16-28-13-12-27-4-2;/h5-7,14,26H,3-4,8-13,15-18H2,1-2H3,(H2,23,24,25);1H. The number of aliphatic hydroxyl groups is 1. The lowest BCUT2D eigenvalue weighted by Gasteiger charge is -2.27. The molecule has 1 aliphatic heterocycles. The van der Waals surface area contributed by atoms with E-state index in [2.05, 4.69) is 35.8 Å². The third-order valence-electron chi connectivity index (χ3n) is 5.06. The Bertz CT molecular complexity index is 610. The van der Waals surface area contributed by atoms with Gasteiger partial charge in [0.15, 0.2) is 5.96 Å². The van der Waals surface area contributed by atoms with E-state index in [-0.39, 0.29) is 36.0 Å². The summed E-state index contributed by atoms with van der Waals surface area (Å²) in [6.07, 6.45) is 1.70. The van der Waals surface area contributed by atoms with Gasteiger partial charge in [0, 0.05) is 38.3 Å². The van der Waals surface area contributed by atoms with E-state index in [1.54, 1.807) is 0 Å². The van der Waals surface area contributed by atoms with Crippen LogP contribution in [-0.4, -0.2) is 63.8 Å². The molecule has 0 spiro atoms. The van der Waals surface area contributed by atoms with Crippen LogP contribution >= 0.6 is 24.0 Å². The first kappa shape index (κ1) is 27.1. The molecule has 1 saturated heterocycles. The number of aliphatic hydroxyl groups excluding tert-OH is 1. The van der Waals surface area contributed by atoms with Crippen LogP contribution in [0.25, 0.3) is 0 Å². The molecule has 2 rings (SSSR count). The topological polar surface area (TPSA) is 84.3 Å². The highest BCUT2D eigenvalue weighted by atomic mass is 127. The lowest BCUT2D eigenvalue weighted by Crippen LogP contribution is -2.44. The maximum absolute atomic E-state index is 9.40. The second kappa shape index (κ2) is 15.8. The molecular weight excluding hydrogens is 497 g/mol. The molecule has 0 aromatic heterocycles. The first-order chi connectivity index (χ1) is 14.2. The second-order valence-electron chi connectivity index (χ2n) is 7.39. The predicted octanol–water partition coefficient (Wildman–Crippen LogP) is 2.70. The summed E-state index contributed by atoms with van der Waals surface area (Å²) in [5.41, 5.74) is 2.27. The normalized spacial score (nSPS) is 18.8. The monoisotopic (exact) mass is 535 g/mol. The van der Waals surface area contributed by atoms with Crippen LogP contribution in [0, 0.1) is 5.41 Å². The average Bonchev–Trinajstić information content (AvgIpc) is 3.19. The van der Waals surface area contributed by atoms with Gasteiger partial charge in [-0.15, -0.1) is 24.0 Å². The average molecular weight is 535 g/mol. The number of nitrogens with zero attached hydrogens (tertiary/aromatic N) is 1. The Hall–Kier alpha value is -0.940. The first-order valence-electron chi connectivity index (χ1n) is 10.7. The van der Waals surface area contributed by atoms with Gasteiger partial charge in [-0.2, -0.15) is 0 Å². The Morgan fingerprint density at radius 2 is 2.00 bits per heavy atom. The smallest absolute Gasteiger partial charge is 0.191 e. The first-order valence-corrected chi connectivity index (χ1v) is 10.7. The molecule has 3 N–H and O–H groups in total. The number of nitrogens with one attached hydrogen (secondary N) is 2. The number of hydrogen-bond acceptors (Lipinski definition) is 5. The van der Waals surface area contributed by atoms with Crippen molar-refractivity contribution in [3.63, 3.8) is 0 Å². The number of aliphatic imine (C=N–C) groups is 1. The Labute approximate surface area is 198 Å². The fourth-order valence-electron chi connectivity index (χ4n) is 3.36. The molecule has 1 aliphatic rings. The van der Waals surface area contributed by atoms with Crippen LogP contribution in [0.1, 0.15) is 37.8 Å². The molecule has 0 aliphatic carbocycles. The van der Waals surface area contributed by atoms with Gasteiger partial charge in [-0.05, 0) is 37.8 Å². The van der Waals surface area contributed by atoms with Gasteiger partial charge in [-0.1, -0.05) is 24.3 Å². The van der Waals surface area contributed by atoms with Crippen molar-refractivity contribution < 1.29 is 19.3 Å². The van der Waals surface area contributed by atoms with Crippen LogP contribution in [0.2, 0.25) is 0 Å². The van der Waals surface area contributed by atoms with Crippen LogP contribution < -0.4 is 10.6 Å². The van der Waals surface area contributed by atoms with Crippen molar-refractivity contribution >= 4 is 29.9 Å². The van der Waals surface area contributed by atoms with E-state index in [1.807, 2.05) is 13.0 Å². The van der Waals surface area contributed by atoms with E-state index < -0.39 is 0 Å². The highest BCUT2D eigenvalue weighted by molar-refractivity contribution is 14.0. The van der Waals surface area contributed by atoms with Crippen molar-refractivity contribution in [2.24, 2.45) is 10.4 Å². The van der Waals surface area contributed by atoms with Crippen molar-refractivity contribution in [2.75, 3.05) is 52.7 Å². The van der Waals surface area contributed by atoms with Crippen molar-refractivity contribution in [3.8, 4) is 0 Å². The number of benzene rings is 1. The summed E-state index contributed by atoms with van der Waals surface area (Å²) in [6.45, 7) is 10.3. The van der Waals surface area contributed by atoms with Crippen LogP contribution in [0.5, 0.6) is 0 Å². The SMILES string of the molecule is CCNC(=NCc1cccc(COCCOCC)c1)NCC1(CCO)CCOC1.I. The van der Waals surface area contributed by atoms with E-state index in [1.165, 1.54) is 0 Å². The summed E-state index contributed by atoms with van der Waals surface area (Å²) >= 11 is 0. The van der Waals surface area contributed by atoms with Gasteiger partial charge in [0.1, 0.15) is 0 Å². The minimum Gasteiger partial charge on any atom is -0.396 e. The lowest BCUT2D eigenvalue weighted by molar-refractivity contribution is 0.0453. The summed E-state index contributed by atoms with van der Waals surface area (Å²) in [5, 5.41) is 16.1. The summed E-state index contributed by atoms with van der Waals surface area (Å²) < 4.78 is 16.5. The maximum atomic E-state index is 9.40. The summed E-state index contributed by atoms with van der Waals surface area (Å²) in [5.74, 6) is 0.787. The van der Waals surface area contributed by atoms with E-state index in [9.17, 15) is 5.11 Å². The largest absolute Gasteiger partial charge is 0.396 e. The fourth-order valence-corrected chi connectivity index (χ4v) is 3.36. The molecule has 0 saturated carbocycles. The third kappa shape index (κ3) is 9.91. The maximum Gasteiger partial charge on any atom is 0.191 e. The summed E-state index contributed by atoms with van der Waals surface area (Å²) in [4.78, 5) is 4.73. The highest BCUT2D eigenvalue weighted by Gasteiger charge is 2.34. The van der Waals surface area contributed by atoms with Gasteiger partial charge in [0.2, 0.25) is 0 Å². The van der Waals surface area contributed by atoms with Crippen molar-refractivity contribution in [1.29, 1.82) is 0 Å². The van der Waals surface area contributed by atoms with Gasteiger partial charge < -0.3 is 30.0 Å². The summed E-state index contributed by atoms with van der Waals surface area (Å²) in [6, 6.07) is 8.31. The predicted molar refractivity (Wildman–Crippen MR) is 130 cm³/mol. The fraction of sp³-hybridized carbons (Fsp3) is 0.682. The van der Waals surface area contributed by atoms with Crippen molar-refractivity contribution in [1.82, 2.24) is 10.6 Å². The Morgan fingerprint density at radius 3 is 2.70 bits per heavy atom. The zero-order valence-corrected chi connectivity index (χ0v) is 20.7. The van der Waals surface area contributed by atoms with Gasteiger partial charge in [0.25, 0.3) is 0 Å². The Morgan fingerprint density at radius 1 is 1.20 bits per heavy atom. The molecular formula is C22H38IN3O4. The third-order valence-corrected chi connectivity index (χ3v) is 5.06. The van der Waals surface area contributed by atoms with Gasteiger partial charge in [-0.25, -0.2) is 4.99 Å². The number of guanidine groups is 1. The van der Waals surface area contributed by atoms with Crippen LogP contribution in [0.3, 0.4) is 0 Å². The number of rotatable bonds is 13. The molecule has 0 amide bonds. The highest BCUT2D eigenvalue weighted by Crippen LogP contribution is 2.31. The Balaban J connectivity index is 0.00000450. The molecule has 1 aromatic rings. The molecule has 30 heavy (non-hydrogen) atoms. The minimum atomic E-state index is -0.0102. The van der Waals surface area contributed by atoms with Crippen molar-refractivity contribution in [3.05, 3.63) is 35.4 Å². The van der Waals surface area contributed by atoms with E-state index in [4.69, 9.17) is 19.2 Å². The second-order valence-corrected chi connectivity index (χ2v) is 7.39. The van der Waals surface area contributed by atoms with Gasteiger partial charge in [-0.3, -0.25) is 0 Å². The number of ether oxygens (including phenoxy) is 3. The molecule has 7 nitrogen and oxygen atoms in total. The van der Waals surface area contributed by atoms with E-state index in [0.717, 1.165) is 49.6 Å². The van der Waals surface area contributed by atoms with Gasteiger partial charge >= 0.3 is 0 Å². The van der Waals surface area contributed by atoms with Gasteiger partial charge in [0.05, 0.1) is 33.0 Å². The molecule has 1 unspecified atom stereocenters. The van der Waals surface area contributed by atoms with Crippen molar-refractivity contribution in [2.45, 2.75) is 39.8 Å². The lowest BCUT2D eigenvalue weighted by atomic mass is 9.84. The van der Waals surface area contributed by atoms with Crippen LogP contribution in [0.15, 0.2) is 29.3 Å². The molecule has 0 radical (unpaired) electrons. The number of hydrogen-bond donors (Lipinski definition) is 3. The molecule has 8 heteroatoms. The van der Waals surface area contributed by atoms with E-state index >= 15 is 0 Å². The van der Waals surface area contributed by atoms with Crippen LogP contribution in [-0.2, 0) is 27.4 Å². The minimum absolute atomic E-state index is 0. The van der Waals surface area contributed by atoms with E-state index in [0.29, 0.717) is 39.6 Å². The molecule has 1 heterocycles. The molecule has 1 fully saturated rings.